The highest BCUT2D eigenvalue weighted by Crippen LogP contribution is 2.22. The Morgan fingerprint density at radius 1 is 0.583 bits per heavy atom. The molecule has 4 N–H and O–H groups in total. The Kier molecular flexibility index (Phi) is 17.0. The molecule has 0 saturated heterocycles. The summed E-state index contributed by atoms with van der Waals surface area (Å²) in [5.74, 6) is -1.48. The molecule has 0 saturated carbocycles. The van der Waals surface area contributed by atoms with Gasteiger partial charge in [0.15, 0.2) is 11.6 Å². The van der Waals surface area contributed by atoms with Gasteiger partial charge in [-0.25, -0.2) is 9.97 Å². The summed E-state index contributed by atoms with van der Waals surface area (Å²) in [5, 5.41) is 34.1. The molecule has 0 aliphatic rings. The van der Waals surface area contributed by atoms with Crippen LogP contribution in [-0.2, 0) is 27.2 Å². The van der Waals surface area contributed by atoms with E-state index in [1.807, 2.05) is 38.0 Å². The second-order valence-electron chi connectivity index (χ2n) is 15.0. The molecule has 0 atom stereocenters. The number of nitrogens with one attached hydrogen (secondary N) is 4. The highest BCUT2D eigenvalue weighted by atomic mass is 16.6. The van der Waals surface area contributed by atoms with E-state index >= 15 is 0 Å². The number of nitrogens with zero attached hydrogens (tertiary/aromatic N) is 10. The third kappa shape index (κ3) is 13.6. The molecule has 0 fully saturated rings. The van der Waals surface area contributed by atoms with Gasteiger partial charge in [0.1, 0.15) is 11.4 Å². The molecular formula is C38H56N14O8. The summed E-state index contributed by atoms with van der Waals surface area (Å²) in [5.41, 5.74) is -0.280. The van der Waals surface area contributed by atoms with Gasteiger partial charge in [0.25, 0.3) is 35.0 Å². The molecule has 0 radical (unpaired) electrons. The average molecular weight is 837 g/mol. The first-order valence-corrected chi connectivity index (χ1v) is 19.8. The van der Waals surface area contributed by atoms with Gasteiger partial charge in [-0.1, -0.05) is 25.7 Å². The van der Waals surface area contributed by atoms with Gasteiger partial charge in [0.05, 0.1) is 22.2 Å². The van der Waals surface area contributed by atoms with Crippen molar-refractivity contribution in [3.05, 3.63) is 80.2 Å². The zero-order chi connectivity index (χ0) is 43.9. The number of carbonyl (C=O) groups excluding carboxylic acids is 4. The summed E-state index contributed by atoms with van der Waals surface area (Å²) < 4.78 is 6.06. The smallest absolute Gasteiger partial charge is 0.287 e. The summed E-state index contributed by atoms with van der Waals surface area (Å²) in [7, 11) is 11.0. The van der Waals surface area contributed by atoms with E-state index in [4.69, 9.17) is 0 Å². The second-order valence-corrected chi connectivity index (χ2v) is 15.0. The van der Waals surface area contributed by atoms with E-state index in [-0.39, 0.29) is 57.9 Å². The number of anilines is 2. The van der Waals surface area contributed by atoms with Crippen molar-refractivity contribution in [2.75, 3.05) is 65.0 Å². The molecule has 0 aromatic carbocycles. The molecule has 4 aromatic rings. The highest BCUT2D eigenvalue weighted by molar-refractivity contribution is 6.04. The molecule has 22 heteroatoms. The van der Waals surface area contributed by atoms with Crippen molar-refractivity contribution in [1.82, 2.24) is 48.7 Å². The van der Waals surface area contributed by atoms with Crippen molar-refractivity contribution < 1.29 is 29.0 Å². The number of aromatic nitrogens is 6. The minimum absolute atomic E-state index is 0.0860. The lowest BCUT2D eigenvalue weighted by Gasteiger charge is -2.09. The zero-order valence-electron chi connectivity index (χ0n) is 35.1. The summed E-state index contributed by atoms with van der Waals surface area (Å²) >= 11 is 0. The Morgan fingerprint density at radius 2 is 0.950 bits per heavy atom. The number of rotatable bonds is 25. The Hall–Kier alpha value is -6.42. The molecule has 0 aliphatic heterocycles. The maximum absolute atomic E-state index is 13.3. The average Bonchev–Trinajstić information content (AvgIpc) is 3.98. The van der Waals surface area contributed by atoms with E-state index < -0.39 is 21.7 Å². The number of hydrogen-bond donors (Lipinski definition) is 4. The maximum atomic E-state index is 13.3. The molecule has 0 spiro atoms. The summed E-state index contributed by atoms with van der Waals surface area (Å²) in [6.45, 7) is 3.24. The number of carbonyl (C=O) groups is 4. The fourth-order valence-electron chi connectivity index (χ4n) is 6.40. The van der Waals surface area contributed by atoms with E-state index in [1.54, 1.807) is 14.1 Å². The van der Waals surface area contributed by atoms with Crippen LogP contribution in [0.15, 0.2) is 36.9 Å². The number of hydrogen-bond acceptors (Lipinski definition) is 12. The molecular weight excluding hydrogens is 781 g/mol. The van der Waals surface area contributed by atoms with Gasteiger partial charge in [0.2, 0.25) is 11.6 Å². The minimum atomic E-state index is -0.601. The van der Waals surface area contributed by atoms with Crippen LogP contribution in [0.4, 0.5) is 23.0 Å². The van der Waals surface area contributed by atoms with Crippen LogP contribution < -0.4 is 21.3 Å². The number of unbranched alkanes of at least 4 members (excludes halogenated alkanes) is 5. The normalized spacial score (nSPS) is 11.3. The van der Waals surface area contributed by atoms with Gasteiger partial charge >= 0.3 is 0 Å². The minimum Gasteiger partial charge on any atom is -0.349 e. The van der Waals surface area contributed by atoms with Crippen molar-refractivity contribution >= 4 is 46.6 Å². The van der Waals surface area contributed by atoms with Crippen LogP contribution in [0, 0.1) is 20.2 Å². The molecule has 4 rings (SSSR count). The van der Waals surface area contributed by atoms with Gasteiger partial charge in [0, 0.05) is 64.8 Å². The van der Waals surface area contributed by atoms with Crippen molar-refractivity contribution in [2.45, 2.75) is 64.5 Å². The summed E-state index contributed by atoms with van der Waals surface area (Å²) in [4.78, 5) is 86.3. The second kappa shape index (κ2) is 22.1. The predicted octanol–water partition coefficient (Wildman–Crippen LogP) is 3.48. The van der Waals surface area contributed by atoms with Gasteiger partial charge in [-0.3, -0.25) is 39.4 Å². The van der Waals surface area contributed by atoms with Crippen molar-refractivity contribution in [3.63, 3.8) is 0 Å². The van der Waals surface area contributed by atoms with Crippen LogP contribution in [-0.4, -0.2) is 126 Å². The fraction of sp³-hybridized carbons (Fsp3) is 0.526. The lowest BCUT2D eigenvalue weighted by molar-refractivity contribution is -0.385. The van der Waals surface area contributed by atoms with E-state index in [0.717, 1.165) is 51.6 Å². The molecule has 4 heterocycles. The van der Waals surface area contributed by atoms with Crippen LogP contribution in [0.25, 0.3) is 0 Å². The van der Waals surface area contributed by atoms with Gasteiger partial charge in [-0.15, -0.1) is 0 Å². The lowest BCUT2D eigenvalue weighted by Crippen LogP contribution is -2.29. The van der Waals surface area contributed by atoms with Crippen LogP contribution >= 0.6 is 0 Å². The number of aryl methyl sites for hydroxylation is 4. The molecule has 0 aliphatic carbocycles. The molecule has 22 nitrogen and oxygen atoms in total. The van der Waals surface area contributed by atoms with Crippen molar-refractivity contribution in [1.29, 1.82) is 0 Å². The van der Waals surface area contributed by atoms with E-state index in [9.17, 15) is 39.4 Å². The van der Waals surface area contributed by atoms with Crippen LogP contribution in [0.3, 0.4) is 0 Å². The van der Waals surface area contributed by atoms with E-state index in [1.165, 1.54) is 55.2 Å². The van der Waals surface area contributed by atoms with Crippen LogP contribution in [0.5, 0.6) is 0 Å². The third-order valence-corrected chi connectivity index (χ3v) is 9.48. The quantitative estimate of drug-likeness (QED) is 0.0425. The zero-order valence-corrected chi connectivity index (χ0v) is 35.1. The molecule has 60 heavy (non-hydrogen) atoms. The molecule has 4 amide bonds. The standard InChI is InChI=1S/C38H56N14O8/c1-45(2)17-13-15-39-37(55)33-41-31(25-47(33)5)43-35(53)29-21-27(51(57)58)23-49(29)19-11-9-7-8-10-12-20-50-24-28(52(59)60)22-30(50)36(54)44-32-26-48(6)34(42-32)38(56)40-16-14-18-46(3)4/h21-26H,7-20H2,1-6H3,(H,39,55)(H,40,56)(H,43,53)(H,44,54). The first kappa shape index (κ1) is 46.3. The van der Waals surface area contributed by atoms with Crippen molar-refractivity contribution in [3.8, 4) is 0 Å². The largest absolute Gasteiger partial charge is 0.349 e. The first-order chi connectivity index (χ1) is 28.5. The highest BCUT2D eigenvalue weighted by Gasteiger charge is 2.23. The fourth-order valence-corrected chi connectivity index (χ4v) is 6.40. The Bertz CT molecular complexity index is 1980. The Balaban J connectivity index is 1.25. The summed E-state index contributed by atoms with van der Waals surface area (Å²) in [6, 6.07) is 2.41. The molecule has 4 aromatic heterocycles. The van der Waals surface area contributed by atoms with Gasteiger partial charge in [-0.05, 0) is 67.0 Å². The maximum Gasteiger partial charge on any atom is 0.287 e. The topological polar surface area (TPSA) is 255 Å². The van der Waals surface area contributed by atoms with E-state index in [0.29, 0.717) is 39.0 Å². The lowest BCUT2D eigenvalue weighted by atomic mass is 10.1. The number of nitro groups is 2. The Morgan fingerprint density at radius 3 is 1.30 bits per heavy atom. The SMILES string of the molecule is CN(C)CCCNC(=O)c1nc(NC(=O)c2cc([N+](=O)[O-])cn2CCCCCCCCn2cc([N+](=O)[O-])cc2C(=O)Nc2cn(C)c(C(=O)NCCCN(C)C)n2)cn1C. The van der Waals surface area contributed by atoms with Gasteiger partial charge < -0.3 is 49.3 Å². The third-order valence-electron chi connectivity index (χ3n) is 9.48. The molecule has 326 valence electrons. The van der Waals surface area contributed by atoms with Gasteiger partial charge in [-0.2, -0.15) is 0 Å². The molecule has 0 bridgehead atoms. The first-order valence-electron chi connectivity index (χ1n) is 19.8. The summed E-state index contributed by atoms with van der Waals surface area (Å²) in [6.07, 6.45) is 11.6. The molecule has 0 unspecified atom stereocenters. The van der Waals surface area contributed by atoms with E-state index in [2.05, 4.69) is 31.2 Å². The van der Waals surface area contributed by atoms with Crippen LogP contribution in [0.1, 0.15) is 93.6 Å². The number of imidazole rings is 2. The predicted molar refractivity (Wildman–Crippen MR) is 223 cm³/mol. The number of amides is 4. The monoisotopic (exact) mass is 836 g/mol. The van der Waals surface area contributed by atoms with Crippen molar-refractivity contribution in [2.24, 2.45) is 14.1 Å². The van der Waals surface area contributed by atoms with Crippen LogP contribution in [0.2, 0.25) is 0 Å². The Labute approximate surface area is 347 Å².